The van der Waals surface area contributed by atoms with Gasteiger partial charge in [0, 0.05) is 5.69 Å². The lowest BCUT2D eigenvalue weighted by Crippen LogP contribution is -2.23. The van der Waals surface area contributed by atoms with E-state index in [1.165, 1.54) is 19.3 Å². The van der Waals surface area contributed by atoms with Crippen molar-refractivity contribution in [3.05, 3.63) is 48.5 Å². The van der Waals surface area contributed by atoms with Crippen molar-refractivity contribution in [2.75, 3.05) is 19.5 Å². The molecule has 1 saturated carbocycles. The number of benzene rings is 2. The Morgan fingerprint density at radius 2 is 1.35 bits per heavy atom. The van der Waals surface area contributed by atoms with E-state index < -0.39 is 0 Å². The first-order valence-electron chi connectivity index (χ1n) is 9.07. The van der Waals surface area contributed by atoms with Crippen molar-refractivity contribution in [1.82, 2.24) is 0 Å². The minimum absolute atomic E-state index is 0.308. The van der Waals surface area contributed by atoms with Gasteiger partial charge in [0.25, 0.3) is 6.02 Å². The third kappa shape index (κ3) is 5.15. The summed E-state index contributed by atoms with van der Waals surface area (Å²) in [5.41, 5.74) is 0.911. The summed E-state index contributed by atoms with van der Waals surface area (Å²) in [7, 11) is 3.31. The first-order valence-corrected chi connectivity index (χ1v) is 9.07. The van der Waals surface area contributed by atoms with Crippen LogP contribution in [0.3, 0.4) is 0 Å². The zero-order valence-electron chi connectivity index (χ0n) is 15.4. The van der Waals surface area contributed by atoms with Crippen LogP contribution in [0.1, 0.15) is 32.1 Å². The van der Waals surface area contributed by atoms with Gasteiger partial charge in [0.2, 0.25) is 0 Å². The van der Waals surface area contributed by atoms with E-state index >= 15 is 0 Å². The van der Waals surface area contributed by atoms with E-state index in [4.69, 9.17) is 19.2 Å². The molecule has 0 unspecified atom stereocenters. The molecular weight excluding hydrogens is 328 g/mol. The summed E-state index contributed by atoms with van der Waals surface area (Å²) in [6.07, 6.45) is 5.98. The zero-order chi connectivity index (χ0) is 18.2. The highest BCUT2D eigenvalue weighted by atomic mass is 16.5. The second-order valence-corrected chi connectivity index (χ2v) is 6.36. The molecule has 0 aliphatic heterocycles. The zero-order valence-corrected chi connectivity index (χ0v) is 15.4. The Labute approximate surface area is 155 Å². The number of aliphatic imine (C=N–C) groups is 1. The van der Waals surface area contributed by atoms with Crippen molar-refractivity contribution < 1.29 is 14.2 Å². The number of nitrogens with zero attached hydrogens (tertiary/aromatic N) is 1. The van der Waals surface area contributed by atoms with Gasteiger partial charge >= 0.3 is 0 Å². The molecule has 0 atom stereocenters. The van der Waals surface area contributed by atoms with Crippen molar-refractivity contribution in [1.29, 1.82) is 0 Å². The first-order chi connectivity index (χ1) is 12.8. The van der Waals surface area contributed by atoms with Crippen LogP contribution in [0, 0.1) is 0 Å². The molecule has 0 bridgehead atoms. The lowest BCUT2D eigenvalue weighted by atomic mass is 9.96. The number of hydrogen-bond donors (Lipinski definition) is 1. The molecule has 0 spiro atoms. The molecule has 0 heterocycles. The van der Waals surface area contributed by atoms with Crippen LogP contribution in [-0.4, -0.2) is 26.3 Å². The van der Waals surface area contributed by atoms with Crippen LogP contribution in [0.5, 0.6) is 17.2 Å². The summed E-state index contributed by atoms with van der Waals surface area (Å²) in [6.45, 7) is 0. The predicted molar refractivity (Wildman–Crippen MR) is 105 cm³/mol. The highest BCUT2D eigenvalue weighted by molar-refractivity contribution is 5.90. The first kappa shape index (κ1) is 18.1. The highest BCUT2D eigenvalue weighted by Crippen LogP contribution is 2.23. The molecule has 0 aromatic heterocycles. The number of ether oxygens (including phenoxy) is 3. The minimum atomic E-state index is 0.308. The molecule has 5 heteroatoms. The highest BCUT2D eigenvalue weighted by Gasteiger charge is 2.15. The summed E-state index contributed by atoms with van der Waals surface area (Å²) in [6, 6.07) is 16.1. The fraction of sp³-hybridized carbons (Fsp3) is 0.381. The topological polar surface area (TPSA) is 52.1 Å². The molecule has 138 valence electrons. The van der Waals surface area contributed by atoms with Gasteiger partial charge in [-0.15, -0.1) is 0 Å². The van der Waals surface area contributed by atoms with E-state index in [1.54, 1.807) is 14.2 Å². The normalized spacial score (nSPS) is 15.4. The molecule has 5 nitrogen and oxygen atoms in total. The number of nitrogens with one attached hydrogen (secondary N) is 1. The molecule has 2 aromatic carbocycles. The molecule has 3 rings (SSSR count). The van der Waals surface area contributed by atoms with Gasteiger partial charge in [-0.3, -0.25) is 0 Å². The number of amidine groups is 1. The lowest BCUT2D eigenvalue weighted by molar-refractivity contribution is 0.413. The summed E-state index contributed by atoms with van der Waals surface area (Å²) >= 11 is 0. The molecule has 26 heavy (non-hydrogen) atoms. The van der Waals surface area contributed by atoms with Crippen LogP contribution in [0.15, 0.2) is 53.5 Å². The van der Waals surface area contributed by atoms with Crippen molar-refractivity contribution in [3.63, 3.8) is 0 Å². The van der Waals surface area contributed by atoms with Crippen LogP contribution in [0.4, 0.5) is 5.69 Å². The van der Waals surface area contributed by atoms with Crippen LogP contribution in [0.25, 0.3) is 0 Å². The average Bonchev–Trinajstić information content (AvgIpc) is 2.70. The van der Waals surface area contributed by atoms with Gasteiger partial charge in [0.1, 0.15) is 17.2 Å². The Morgan fingerprint density at radius 1 is 0.808 bits per heavy atom. The Hall–Kier alpha value is -2.69. The van der Waals surface area contributed by atoms with Gasteiger partial charge in [-0.2, -0.15) is 0 Å². The van der Waals surface area contributed by atoms with Crippen LogP contribution >= 0.6 is 0 Å². The predicted octanol–water partition coefficient (Wildman–Crippen LogP) is 4.88. The van der Waals surface area contributed by atoms with Crippen molar-refractivity contribution in [3.8, 4) is 17.2 Å². The Bertz CT molecular complexity index is 654. The van der Waals surface area contributed by atoms with Gasteiger partial charge in [-0.1, -0.05) is 19.3 Å². The summed E-state index contributed by atoms with van der Waals surface area (Å²) in [4.78, 5) is 4.83. The standard InChI is InChI=1S/C21H26N2O3/c1-24-18-10-8-17(9-11-18)23-21(22-16-6-4-3-5-7-16)26-20-14-12-19(25-2)13-15-20/h8-16H,3-7H2,1-2H3,(H,22,23). The molecule has 0 radical (unpaired) electrons. The van der Waals surface area contributed by atoms with Gasteiger partial charge < -0.3 is 19.5 Å². The molecule has 1 fully saturated rings. The molecule has 2 aromatic rings. The second kappa shape index (κ2) is 9.13. The minimum Gasteiger partial charge on any atom is -0.497 e. The van der Waals surface area contributed by atoms with Crippen molar-refractivity contribution in [2.24, 2.45) is 4.99 Å². The summed E-state index contributed by atoms with van der Waals surface area (Å²) in [5.74, 6) is 2.34. The molecule has 1 N–H and O–H groups in total. The molecule has 1 aliphatic carbocycles. The Balaban J connectivity index is 1.76. The maximum atomic E-state index is 6.03. The Morgan fingerprint density at radius 3 is 1.92 bits per heavy atom. The van der Waals surface area contributed by atoms with Gasteiger partial charge in [0.05, 0.1) is 20.3 Å². The summed E-state index contributed by atoms with van der Waals surface area (Å²) in [5, 5.41) is 3.30. The van der Waals surface area contributed by atoms with E-state index in [0.29, 0.717) is 12.1 Å². The fourth-order valence-electron chi connectivity index (χ4n) is 3.01. The van der Waals surface area contributed by atoms with Crippen LogP contribution < -0.4 is 19.5 Å². The van der Waals surface area contributed by atoms with E-state index in [2.05, 4.69) is 5.32 Å². The number of methoxy groups -OCH3 is 2. The lowest BCUT2D eigenvalue weighted by Gasteiger charge is -2.20. The molecule has 1 aliphatic rings. The Kier molecular flexibility index (Phi) is 6.36. The largest absolute Gasteiger partial charge is 0.497 e. The molecular formula is C21H26N2O3. The third-order valence-electron chi connectivity index (χ3n) is 4.49. The van der Waals surface area contributed by atoms with Gasteiger partial charge in [-0.05, 0) is 61.4 Å². The molecule has 0 saturated heterocycles. The fourth-order valence-corrected chi connectivity index (χ4v) is 3.01. The maximum absolute atomic E-state index is 6.03. The van der Waals surface area contributed by atoms with Crippen molar-refractivity contribution in [2.45, 2.75) is 38.1 Å². The van der Waals surface area contributed by atoms with E-state index in [9.17, 15) is 0 Å². The van der Waals surface area contributed by atoms with Crippen molar-refractivity contribution >= 4 is 11.7 Å². The third-order valence-corrected chi connectivity index (χ3v) is 4.49. The van der Waals surface area contributed by atoms with Gasteiger partial charge in [0.15, 0.2) is 0 Å². The van der Waals surface area contributed by atoms with E-state index in [1.807, 2.05) is 48.5 Å². The summed E-state index contributed by atoms with van der Waals surface area (Å²) < 4.78 is 16.4. The molecule has 0 amide bonds. The number of hydrogen-bond acceptors (Lipinski definition) is 4. The quantitative estimate of drug-likeness (QED) is 0.614. The smallest absolute Gasteiger partial charge is 0.295 e. The van der Waals surface area contributed by atoms with E-state index in [-0.39, 0.29) is 0 Å². The van der Waals surface area contributed by atoms with Crippen LogP contribution in [0.2, 0.25) is 0 Å². The van der Waals surface area contributed by atoms with E-state index in [0.717, 1.165) is 35.8 Å². The number of anilines is 1. The average molecular weight is 354 g/mol. The second-order valence-electron chi connectivity index (χ2n) is 6.36. The maximum Gasteiger partial charge on any atom is 0.295 e. The SMILES string of the molecule is COc1ccc(NC(=NC2CCCCC2)Oc2ccc(OC)cc2)cc1. The number of rotatable bonds is 5. The van der Waals surface area contributed by atoms with Gasteiger partial charge in [-0.25, -0.2) is 4.99 Å². The van der Waals surface area contributed by atoms with Crippen LogP contribution in [-0.2, 0) is 0 Å². The monoisotopic (exact) mass is 354 g/mol.